The lowest BCUT2D eigenvalue weighted by Crippen LogP contribution is -2.69. The fourth-order valence-electron chi connectivity index (χ4n) is 7.59. The number of carboxylic acids is 1. The molecule has 2 aromatic rings. The Labute approximate surface area is 247 Å². The van der Waals surface area contributed by atoms with E-state index in [-0.39, 0.29) is 41.1 Å². The number of benzene rings is 2. The maximum absolute atomic E-state index is 13.2. The van der Waals surface area contributed by atoms with Gasteiger partial charge in [0.1, 0.15) is 5.76 Å². The number of aromatic hydroxyl groups is 1. The first-order chi connectivity index (χ1) is 20.5. The van der Waals surface area contributed by atoms with E-state index < -0.39 is 59.6 Å². The highest BCUT2D eigenvalue weighted by Gasteiger charge is 2.72. The van der Waals surface area contributed by atoms with E-state index in [2.05, 4.69) is 6.92 Å². The molecule has 4 aliphatic rings. The van der Waals surface area contributed by atoms with Gasteiger partial charge in [0, 0.05) is 18.1 Å². The van der Waals surface area contributed by atoms with Gasteiger partial charge in [0.25, 0.3) is 0 Å². The summed E-state index contributed by atoms with van der Waals surface area (Å²) in [5, 5.41) is 32.6. The Bertz CT molecular complexity index is 1530. The molecule has 1 unspecified atom stereocenters. The zero-order chi connectivity index (χ0) is 30.7. The molecule has 2 bridgehead atoms. The summed E-state index contributed by atoms with van der Waals surface area (Å²) in [6.07, 6.45) is -1.38. The average molecular weight is 593 g/mol. The van der Waals surface area contributed by atoms with Crippen molar-refractivity contribution in [3.63, 3.8) is 0 Å². The lowest BCUT2D eigenvalue weighted by molar-refractivity contribution is -0.180. The van der Waals surface area contributed by atoms with Crippen LogP contribution >= 0.6 is 0 Å². The molecular formula is C32H32O11. The number of carbonyl (C=O) groups is 4. The molecule has 2 aromatic carbocycles. The van der Waals surface area contributed by atoms with Gasteiger partial charge in [-0.15, -0.1) is 0 Å². The minimum atomic E-state index is -1.78. The summed E-state index contributed by atoms with van der Waals surface area (Å²) >= 11 is 0. The van der Waals surface area contributed by atoms with Crippen molar-refractivity contribution >= 4 is 23.9 Å². The monoisotopic (exact) mass is 592 g/mol. The summed E-state index contributed by atoms with van der Waals surface area (Å²) in [6, 6.07) is 11.2. The van der Waals surface area contributed by atoms with E-state index in [1.807, 2.05) is 6.07 Å². The molecule has 3 aliphatic carbocycles. The molecule has 1 heterocycles. The third-order valence-corrected chi connectivity index (χ3v) is 9.45. The van der Waals surface area contributed by atoms with Crippen molar-refractivity contribution in [2.24, 2.45) is 11.8 Å². The zero-order valence-electron chi connectivity index (χ0n) is 23.6. The number of hydrogen-bond acceptors (Lipinski definition) is 10. The number of phenolic OH excluding ortho intramolecular Hbond substituents is 1. The van der Waals surface area contributed by atoms with Crippen LogP contribution in [0.4, 0.5) is 0 Å². The van der Waals surface area contributed by atoms with Crippen LogP contribution in [-0.4, -0.2) is 57.0 Å². The highest BCUT2D eigenvalue weighted by Crippen LogP contribution is 2.68. The molecule has 1 saturated carbocycles. The van der Waals surface area contributed by atoms with Crippen molar-refractivity contribution < 1.29 is 53.4 Å². The molecule has 43 heavy (non-hydrogen) atoms. The van der Waals surface area contributed by atoms with Crippen LogP contribution in [0.15, 0.2) is 54.3 Å². The highest BCUT2D eigenvalue weighted by atomic mass is 16.6. The van der Waals surface area contributed by atoms with Crippen molar-refractivity contribution in [1.82, 2.24) is 0 Å². The van der Waals surface area contributed by atoms with Crippen LogP contribution in [0, 0.1) is 11.8 Å². The SMILES string of the molecule is CC(=O)O[C@@H](CC(=O)OC1=CC[C@@]2(O)[C@H]3Cc4ccc(O)c5c4[C@@]2(CCC3C)[C@H]1O5)C(=O)O[C@H](C(=O)O)c1ccccc1. The smallest absolute Gasteiger partial charge is 0.349 e. The number of carboxylic acid groups (broad SMARTS) is 1. The number of aliphatic carboxylic acids is 1. The molecular weight excluding hydrogens is 560 g/mol. The largest absolute Gasteiger partial charge is 0.504 e. The predicted molar refractivity (Wildman–Crippen MR) is 147 cm³/mol. The van der Waals surface area contributed by atoms with Gasteiger partial charge >= 0.3 is 23.9 Å². The number of carbonyl (C=O) groups excluding carboxylic acids is 3. The second kappa shape index (κ2) is 10.4. The first-order valence-electron chi connectivity index (χ1n) is 14.3. The molecule has 0 saturated heterocycles. The molecule has 0 aromatic heterocycles. The zero-order valence-corrected chi connectivity index (χ0v) is 23.6. The number of rotatable bonds is 8. The number of hydrogen-bond donors (Lipinski definition) is 3. The van der Waals surface area contributed by atoms with Gasteiger partial charge in [-0.3, -0.25) is 9.59 Å². The van der Waals surface area contributed by atoms with Gasteiger partial charge in [-0.2, -0.15) is 0 Å². The van der Waals surface area contributed by atoms with Gasteiger partial charge in [0.05, 0.1) is 17.4 Å². The summed E-state index contributed by atoms with van der Waals surface area (Å²) in [4.78, 5) is 49.9. The van der Waals surface area contributed by atoms with Crippen LogP contribution < -0.4 is 4.74 Å². The molecule has 0 radical (unpaired) electrons. The standard InChI is InChI=1S/C32H32O11/c1-16-10-12-31-25-19-8-9-21(34)27(25)42-28(31)22(11-13-32(31,39)20(16)14-19)41-24(35)15-23(40-17(2)33)30(38)43-26(29(36)37)18-6-4-3-5-7-18/h3-9,11,16,20,23,26,28,34,39H,10,12-15H2,1-2H3,(H,36,37)/t16?,20-,23-,26-,28-,31-,32+/m0/s1. The number of esters is 3. The Morgan fingerprint density at radius 3 is 2.53 bits per heavy atom. The van der Waals surface area contributed by atoms with Crippen LogP contribution in [0.5, 0.6) is 11.5 Å². The number of phenols is 1. The number of aliphatic hydroxyl groups is 1. The quantitative estimate of drug-likeness (QED) is 0.304. The molecule has 11 heteroatoms. The molecule has 6 rings (SSSR count). The minimum absolute atomic E-state index is 0.0706. The summed E-state index contributed by atoms with van der Waals surface area (Å²) in [7, 11) is 0. The molecule has 1 aliphatic heterocycles. The normalized spacial score (nSPS) is 29.2. The maximum Gasteiger partial charge on any atom is 0.349 e. The fraction of sp³-hybridized carbons (Fsp3) is 0.438. The van der Waals surface area contributed by atoms with E-state index in [0.717, 1.165) is 24.5 Å². The first-order valence-corrected chi connectivity index (χ1v) is 14.3. The van der Waals surface area contributed by atoms with Crippen LogP contribution in [0.1, 0.15) is 62.3 Å². The fourth-order valence-corrected chi connectivity index (χ4v) is 7.59. The Morgan fingerprint density at radius 2 is 1.84 bits per heavy atom. The van der Waals surface area contributed by atoms with Crippen LogP contribution in [0.3, 0.4) is 0 Å². The van der Waals surface area contributed by atoms with Gasteiger partial charge in [-0.25, -0.2) is 9.59 Å². The van der Waals surface area contributed by atoms with E-state index in [1.165, 1.54) is 12.1 Å². The lowest BCUT2D eigenvalue weighted by Gasteiger charge is -2.61. The molecule has 3 N–H and O–H groups in total. The van der Waals surface area contributed by atoms with Gasteiger partial charge in [-0.1, -0.05) is 43.3 Å². The van der Waals surface area contributed by atoms with E-state index in [9.17, 15) is 34.5 Å². The topological polar surface area (TPSA) is 166 Å². The van der Waals surface area contributed by atoms with E-state index in [0.29, 0.717) is 12.8 Å². The van der Waals surface area contributed by atoms with Gasteiger partial charge < -0.3 is 34.3 Å². The Balaban J connectivity index is 1.25. The summed E-state index contributed by atoms with van der Waals surface area (Å²) in [6.45, 7) is 3.16. The Morgan fingerprint density at radius 1 is 1.09 bits per heavy atom. The first kappa shape index (κ1) is 28.7. The molecule has 1 spiro atoms. The highest BCUT2D eigenvalue weighted by molar-refractivity contribution is 5.86. The summed E-state index contributed by atoms with van der Waals surface area (Å²) < 4.78 is 22.2. The second-order valence-electron chi connectivity index (χ2n) is 11.8. The van der Waals surface area contributed by atoms with Gasteiger partial charge in [0.2, 0.25) is 12.2 Å². The Kier molecular flexibility index (Phi) is 6.95. The van der Waals surface area contributed by atoms with Crippen LogP contribution in [0.2, 0.25) is 0 Å². The summed E-state index contributed by atoms with van der Waals surface area (Å²) in [5.74, 6) is -4.04. The van der Waals surface area contributed by atoms with Gasteiger partial charge in [0.15, 0.2) is 17.6 Å². The predicted octanol–water partition coefficient (Wildman–Crippen LogP) is 3.25. The third kappa shape index (κ3) is 4.45. The molecule has 7 atom stereocenters. The minimum Gasteiger partial charge on any atom is -0.504 e. The molecule has 1 fully saturated rings. The maximum atomic E-state index is 13.2. The number of ether oxygens (including phenoxy) is 4. The van der Waals surface area contributed by atoms with E-state index >= 15 is 0 Å². The Hall–Kier alpha value is -4.38. The molecule has 0 amide bonds. The molecule has 11 nitrogen and oxygen atoms in total. The third-order valence-electron chi connectivity index (χ3n) is 9.45. The van der Waals surface area contributed by atoms with Gasteiger partial charge in [-0.05, 0) is 55.2 Å². The van der Waals surface area contributed by atoms with Crippen molar-refractivity contribution in [3.05, 3.63) is 71.0 Å². The second-order valence-corrected chi connectivity index (χ2v) is 11.8. The van der Waals surface area contributed by atoms with Crippen molar-refractivity contribution in [3.8, 4) is 11.5 Å². The van der Waals surface area contributed by atoms with Crippen molar-refractivity contribution in [2.75, 3.05) is 0 Å². The van der Waals surface area contributed by atoms with Crippen molar-refractivity contribution in [1.29, 1.82) is 0 Å². The lowest BCUT2D eigenvalue weighted by atomic mass is 9.45. The van der Waals surface area contributed by atoms with E-state index in [1.54, 1.807) is 30.3 Å². The summed E-state index contributed by atoms with van der Waals surface area (Å²) in [5.41, 5.74) is -0.237. The van der Waals surface area contributed by atoms with Crippen LogP contribution in [0.25, 0.3) is 0 Å². The van der Waals surface area contributed by atoms with Crippen molar-refractivity contribution in [2.45, 2.75) is 75.3 Å². The van der Waals surface area contributed by atoms with Crippen LogP contribution in [-0.2, 0) is 45.2 Å². The average Bonchev–Trinajstić information content (AvgIpc) is 3.32. The van der Waals surface area contributed by atoms with E-state index in [4.69, 9.17) is 18.9 Å². The molecule has 226 valence electrons.